The Morgan fingerprint density at radius 3 is 2.78 bits per heavy atom. The summed E-state index contributed by atoms with van der Waals surface area (Å²) in [7, 11) is 0. The molecule has 1 fully saturated rings. The molecule has 1 aromatic heterocycles. The highest BCUT2D eigenvalue weighted by molar-refractivity contribution is 6.30. The number of rotatable bonds is 3. The maximum Gasteiger partial charge on any atom is 0.233 e. The summed E-state index contributed by atoms with van der Waals surface area (Å²) in [6.45, 7) is 0.733. The summed E-state index contributed by atoms with van der Waals surface area (Å²) in [5.74, 6) is 1.25. The molecule has 0 saturated carbocycles. The molecule has 0 bridgehead atoms. The fourth-order valence-corrected chi connectivity index (χ4v) is 3.02. The Bertz CT molecular complexity index is 805. The zero-order valence-electron chi connectivity index (χ0n) is 12.2. The molecule has 2 unspecified atom stereocenters. The van der Waals surface area contributed by atoms with Crippen LogP contribution in [0.3, 0.4) is 0 Å². The highest BCUT2D eigenvalue weighted by Crippen LogP contribution is 2.33. The van der Waals surface area contributed by atoms with Gasteiger partial charge >= 0.3 is 0 Å². The predicted octanol–water partition coefficient (Wildman–Crippen LogP) is 3.32. The van der Waals surface area contributed by atoms with E-state index in [4.69, 9.17) is 16.1 Å². The summed E-state index contributed by atoms with van der Waals surface area (Å²) in [4.78, 5) is 4.56. The van der Waals surface area contributed by atoms with Gasteiger partial charge in [-0.1, -0.05) is 59.2 Å². The van der Waals surface area contributed by atoms with Gasteiger partial charge in [0.05, 0.1) is 12.0 Å². The lowest BCUT2D eigenvalue weighted by Crippen LogP contribution is -2.24. The van der Waals surface area contributed by atoms with E-state index in [1.807, 2.05) is 42.5 Å². The van der Waals surface area contributed by atoms with Crippen LogP contribution in [0.15, 0.2) is 59.1 Å². The summed E-state index contributed by atoms with van der Waals surface area (Å²) in [6.07, 6.45) is 0. The molecule has 2 aromatic carbocycles. The molecule has 0 spiro atoms. The van der Waals surface area contributed by atoms with Gasteiger partial charge in [0.2, 0.25) is 11.7 Å². The zero-order valence-corrected chi connectivity index (χ0v) is 13.0. The van der Waals surface area contributed by atoms with Crippen LogP contribution in [0.5, 0.6) is 0 Å². The first kappa shape index (κ1) is 14.4. The number of hydrogen-bond acceptors (Lipinski definition) is 5. The molecule has 0 amide bonds. The molecule has 4 rings (SSSR count). The van der Waals surface area contributed by atoms with Crippen LogP contribution in [0, 0.1) is 0 Å². The number of nitrogens with zero attached hydrogens (tertiary/aromatic N) is 2. The van der Waals surface area contributed by atoms with Crippen molar-refractivity contribution < 1.29 is 4.52 Å². The third-order valence-electron chi connectivity index (χ3n) is 3.98. The monoisotopic (exact) mass is 326 g/mol. The lowest BCUT2D eigenvalue weighted by molar-refractivity contribution is 0.347. The first-order valence-corrected chi connectivity index (χ1v) is 7.82. The molecular formula is C17H15ClN4O. The molecule has 2 atom stereocenters. The van der Waals surface area contributed by atoms with Crippen molar-refractivity contribution in [2.24, 2.45) is 0 Å². The van der Waals surface area contributed by atoms with Crippen LogP contribution in [-0.2, 0) is 0 Å². The normalized spacial score (nSPS) is 20.7. The van der Waals surface area contributed by atoms with Crippen LogP contribution in [0.1, 0.15) is 23.4 Å². The van der Waals surface area contributed by atoms with Crippen LogP contribution < -0.4 is 10.9 Å². The molecule has 6 heteroatoms. The van der Waals surface area contributed by atoms with Gasteiger partial charge in [0.25, 0.3) is 0 Å². The molecule has 2 N–H and O–H groups in total. The van der Waals surface area contributed by atoms with Crippen molar-refractivity contribution >= 4 is 11.6 Å². The van der Waals surface area contributed by atoms with Gasteiger partial charge in [-0.05, 0) is 17.7 Å². The second kappa shape index (κ2) is 6.12. The summed E-state index contributed by atoms with van der Waals surface area (Å²) in [5, 5.41) is 4.75. The lowest BCUT2D eigenvalue weighted by atomic mass is 9.95. The molecule has 2 heterocycles. The average Bonchev–Trinajstić information content (AvgIpc) is 3.25. The molecular weight excluding hydrogens is 312 g/mol. The first-order chi connectivity index (χ1) is 11.3. The molecule has 0 radical (unpaired) electrons. The number of aromatic nitrogens is 2. The second-order valence-electron chi connectivity index (χ2n) is 5.49. The summed E-state index contributed by atoms with van der Waals surface area (Å²) >= 11 is 6.03. The number of halogens is 1. The van der Waals surface area contributed by atoms with Crippen LogP contribution in [0.2, 0.25) is 5.02 Å². The minimum Gasteiger partial charge on any atom is -0.339 e. The van der Waals surface area contributed by atoms with Crippen LogP contribution in [0.25, 0.3) is 11.4 Å². The minimum absolute atomic E-state index is 0.0813. The smallest absolute Gasteiger partial charge is 0.233 e. The van der Waals surface area contributed by atoms with Gasteiger partial charge in [-0.25, -0.2) is 5.43 Å². The number of hydrogen-bond donors (Lipinski definition) is 2. The van der Waals surface area contributed by atoms with Crippen molar-refractivity contribution in [2.75, 3.05) is 6.54 Å². The largest absolute Gasteiger partial charge is 0.339 e. The standard InChI is InChI=1S/C17H15ClN4O/c18-13-8-4-7-12(9-13)16-20-17(23-22-16)14-10-19-21-15(14)11-5-2-1-3-6-11/h1-9,14-15,19,21H,10H2. The SMILES string of the molecule is Clc1cccc(-c2noc(C3CNNC3c3ccccc3)n2)c1. The predicted molar refractivity (Wildman–Crippen MR) is 87.8 cm³/mol. The Morgan fingerprint density at radius 1 is 1.09 bits per heavy atom. The lowest BCUT2D eigenvalue weighted by Gasteiger charge is -2.15. The third kappa shape index (κ3) is 2.86. The topological polar surface area (TPSA) is 63.0 Å². The van der Waals surface area contributed by atoms with Crippen LogP contribution in [0.4, 0.5) is 0 Å². The van der Waals surface area contributed by atoms with Crippen molar-refractivity contribution in [2.45, 2.75) is 12.0 Å². The molecule has 116 valence electrons. The summed E-state index contributed by atoms with van der Waals surface area (Å²) in [5.41, 5.74) is 8.49. The van der Waals surface area contributed by atoms with Gasteiger partial charge in [0.15, 0.2) is 0 Å². The van der Waals surface area contributed by atoms with E-state index in [0.717, 1.165) is 12.1 Å². The average molecular weight is 327 g/mol. The van der Waals surface area contributed by atoms with Gasteiger partial charge in [0.1, 0.15) is 0 Å². The Kier molecular flexibility index (Phi) is 3.83. The maximum absolute atomic E-state index is 6.03. The van der Waals surface area contributed by atoms with Crippen LogP contribution in [-0.4, -0.2) is 16.7 Å². The Morgan fingerprint density at radius 2 is 1.96 bits per heavy atom. The Balaban J connectivity index is 1.63. The Labute approximate surface area is 138 Å². The number of nitrogens with one attached hydrogen (secondary N) is 2. The highest BCUT2D eigenvalue weighted by atomic mass is 35.5. The van der Waals surface area contributed by atoms with Crippen molar-refractivity contribution in [3.8, 4) is 11.4 Å². The van der Waals surface area contributed by atoms with E-state index >= 15 is 0 Å². The first-order valence-electron chi connectivity index (χ1n) is 7.44. The number of benzene rings is 2. The minimum atomic E-state index is 0.0813. The highest BCUT2D eigenvalue weighted by Gasteiger charge is 2.33. The fourth-order valence-electron chi connectivity index (χ4n) is 2.83. The van der Waals surface area contributed by atoms with Gasteiger partial charge in [0, 0.05) is 17.1 Å². The van der Waals surface area contributed by atoms with E-state index < -0.39 is 0 Å². The molecule has 0 aliphatic carbocycles. The van der Waals surface area contributed by atoms with E-state index in [0.29, 0.717) is 16.7 Å². The molecule has 23 heavy (non-hydrogen) atoms. The van der Waals surface area contributed by atoms with E-state index in [2.05, 4.69) is 33.1 Å². The van der Waals surface area contributed by atoms with Crippen molar-refractivity contribution in [1.29, 1.82) is 0 Å². The quantitative estimate of drug-likeness (QED) is 0.773. The van der Waals surface area contributed by atoms with E-state index in [-0.39, 0.29) is 12.0 Å². The van der Waals surface area contributed by atoms with Gasteiger partial charge in [-0.3, -0.25) is 5.43 Å². The van der Waals surface area contributed by atoms with E-state index in [1.165, 1.54) is 5.56 Å². The molecule has 1 aliphatic rings. The van der Waals surface area contributed by atoms with Crippen LogP contribution >= 0.6 is 11.6 Å². The van der Waals surface area contributed by atoms with E-state index in [9.17, 15) is 0 Å². The summed E-state index contributed by atoms with van der Waals surface area (Å²) in [6, 6.07) is 17.8. The molecule has 3 aromatic rings. The molecule has 1 saturated heterocycles. The van der Waals surface area contributed by atoms with Gasteiger partial charge in [-0.2, -0.15) is 4.98 Å². The number of hydrazine groups is 1. The van der Waals surface area contributed by atoms with Crippen molar-refractivity contribution in [3.63, 3.8) is 0 Å². The third-order valence-corrected chi connectivity index (χ3v) is 4.22. The summed E-state index contributed by atoms with van der Waals surface area (Å²) < 4.78 is 5.51. The zero-order chi connectivity index (χ0) is 15.6. The van der Waals surface area contributed by atoms with Crippen molar-refractivity contribution in [1.82, 2.24) is 21.0 Å². The van der Waals surface area contributed by atoms with Gasteiger partial charge in [-0.15, -0.1) is 0 Å². The Hall–Kier alpha value is -2.21. The fraction of sp³-hybridized carbons (Fsp3) is 0.176. The maximum atomic E-state index is 6.03. The van der Waals surface area contributed by atoms with Gasteiger partial charge < -0.3 is 4.52 Å². The van der Waals surface area contributed by atoms with Crippen molar-refractivity contribution in [3.05, 3.63) is 71.1 Å². The molecule has 1 aliphatic heterocycles. The van der Waals surface area contributed by atoms with E-state index in [1.54, 1.807) is 0 Å². The molecule has 5 nitrogen and oxygen atoms in total. The second-order valence-corrected chi connectivity index (χ2v) is 5.92.